The van der Waals surface area contributed by atoms with Crippen molar-refractivity contribution in [2.24, 2.45) is 0 Å². The van der Waals surface area contributed by atoms with Crippen LogP contribution in [0.3, 0.4) is 0 Å². The quantitative estimate of drug-likeness (QED) is 0.793. The Labute approximate surface area is 113 Å². The van der Waals surface area contributed by atoms with Gasteiger partial charge in [0.05, 0.1) is 12.2 Å². The van der Waals surface area contributed by atoms with Crippen LogP contribution in [0.2, 0.25) is 0 Å². The van der Waals surface area contributed by atoms with E-state index in [-0.39, 0.29) is 0 Å². The van der Waals surface area contributed by atoms with E-state index < -0.39 is 0 Å². The number of rotatable bonds is 4. The summed E-state index contributed by atoms with van der Waals surface area (Å²) in [6, 6.07) is 12.3. The van der Waals surface area contributed by atoms with Crippen molar-refractivity contribution >= 4 is 28.2 Å². The van der Waals surface area contributed by atoms with Gasteiger partial charge in [-0.2, -0.15) is 8.75 Å². The highest BCUT2D eigenvalue weighted by molar-refractivity contribution is 7.09. The summed E-state index contributed by atoms with van der Waals surface area (Å²) in [6.07, 6.45) is 1.55. The van der Waals surface area contributed by atoms with E-state index >= 15 is 0 Å². The summed E-state index contributed by atoms with van der Waals surface area (Å²) in [4.78, 5) is 5.26. The average molecular weight is 274 g/mol. The maximum Gasteiger partial charge on any atom is 0.202 e. The molecule has 0 fully saturated rings. The number of anilines is 1. The first-order valence-electron chi connectivity index (χ1n) is 5.43. The third kappa shape index (κ3) is 2.55. The third-order valence-electron chi connectivity index (χ3n) is 2.40. The van der Waals surface area contributed by atoms with E-state index in [2.05, 4.69) is 37.2 Å². The van der Waals surface area contributed by atoms with Gasteiger partial charge >= 0.3 is 0 Å². The fourth-order valence-corrected chi connectivity index (χ4v) is 2.65. The van der Waals surface area contributed by atoms with Crippen LogP contribution in [0.15, 0.2) is 42.7 Å². The Kier molecular flexibility index (Phi) is 3.29. The zero-order chi connectivity index (χ0) is 12.2. The standard InChI is InChI=1S/C12H10N4S2/c1-2-4-9(5-3-1)11-6-10(17-16-11)7-13-12-14-8-15-18-12/h1-6,8H,7H2,(H,13,14,15). The van der Waals surface area contributed by atoms with Crippen LogP contribution in [0.4, 0.5) is 5.13 Å². The molecule has 90 valence electrons. The van der Waals surface area contributed by atoms with Gasteiger partial charge in [-0.1, -0.05) is 30.3 Å². The molecule has 0 unspecified atom stereocenters. The van der Waals surface area contributed by atoms with Crippen LogP contribution in [0.5, 0.6) is 0 Å². The molecule has 0 saturated heterocycles. The zero-order valence-corrected chi connectivity index (χ0v) is 11.0. The second-order valence-electron chi connectivity index (χ2n) is 3.64. The minimum atomic E-state index is 0.736. The minimum absolute atomic E-state index is 0.736. The molecule has 0 aliphatic carbocycles. The lowest BCUT2D eigenvalue weighted by Gasteiger charge is -1.97. The van der Waals surface area contributed by atoms with Crippen molar-refractivity contribution in [1.82, 2.24) is 13.7 Å². The van der Waals surface area contributed by atoms with Gasteiger partial charge in [0.15, 0.2) is 0 Å². The molecular weight excluding hydrogens is 264 g/mol. The van der Waals surface area contributed by atoms with Gasteiger partial charge in [0.2, 0.25) is 5.13 Å². The van der Waals surface area contributed by atoms with E-state index in [1.165, 1.54) is 27.9 Å². The molecule has 18 heavy (non-hydrogen) atoms. The Morgan fingerprint density at radius 2 is 2.00 bits per heavy atom. The van der Waals surface area contributed by atoms with Crippen molar-refractivity contribution in [3.63, 3.8) is 0 Å². The summed E-state index contributed by atoms with van der Waals surface area (Å²) >= 11 is 2.87. The van der Waals surface area contributed by atoms with Crippen LogP contribution in [0.25, 0.3) is 11.3 Å². The molecule has 0 atom stereocenters. The Hall–Kier alpha value is -1.79. The van der Waals surface area contributed by atoms with E-state index in [1.807, 2.05) is 18.2 Å². The highest BCUT2D eigenvalue weighted by Crippen LogP contribution is 2.22. The Bertz CT molecular complexity index is 604. The summed E-state index contributed by atoms with van der Waals surface area (Å²) < 4.78 is 8.40. The summed E-state index contributed by atoms with van der Waals surface area (Å²) in [6.45, 7) is 0.736. The van der Waals surface area contributed by atoms with Gasteiger partial charge in [-0.15, -0.1) is 0 Å². The molecule has 1 aromatic carbocycles. The smallest absolute Gasteiger partial charge is 0.202 e. The fourth-order valence-electron chi connectivity index (χ4n) is 1.55. The first-order chi connectivity index (χ1) is 8.92. The summed E-state index contributed by atoms with van der Waals surface area (Å²) in [5.41, 5.74) is 2.17. The predicted octanol–water partition coefficient (Wildman–Crippen LogP) is 3.27. The number of hydrogen-bond acceptors (Lipinski definition) is 6. The van der Waals surface area contributed by atoms with Gasteiger partial charge < -0.3 is 5.32 Å². The molecule has 6 heteroatoms. The van der Waals surface area contributed by atoms with Crippen molar-refractivity contribution < 1.29 is 0 Å². The number of nitrogens with one attached hydrogen (secondary N) is 1. The highest BCUT2D eigenvalue weighted by Gasteiger charge is 2.04. The third-order valence-corrected chi connectivity index (χ3v) is 3.81. The van der Waals surface area contributed by atoms with Crippen molar-refractivity contribution in [3.05, 3.63) is 47.6 Å². The molecule has 1 N–H and O–H groups in total. The van der Waals surface area contributed by atoms with Gasteiger partial charge in [-0.25, -0.2) is 4.98 Å². The zero-order valence-electron chi connectivity index (χ0n) is 9.41. The van der Waals surface area contributed by atoms with Crippen molar-refractivity contribution in [2.75, 3.05) is 5.32 Å². The molecule has 0 aliphatic heterocycles. The maximum absolute atomic E-state index is 4.46. The second-order valence-corrected chi connectivity index (χ2v) is 5.31. The first kappa shape index (κ1) is 11.3. The molecule has 0 aliphatic rings. The highest BCUT2D eigenvalue weighted by atomic mass is 32.1. The number of benzene rings is 1. The molecule has 0 spiro atoms. The molecule has 4 nitrogen and oxygen atoms in total. The van der Waals surface area contributed by atoms with Crippen LogP contribution in [0.1, 0.15) is 4.88 Å². The molecule has 0 bridgehead atoms. The van der Waals surface area contributed by atoms with Gasteiger partial charge in [0.25, 0.3) is 0 Å². The summed E-state index contributed by atoms with van der Waals surface area (Å²) in [7, 11) is 0. The van der Waals surface area contributed by atoms with Gasteiger partial charge in [0.1, 0.15) is 6.33 Å². The van der Waals surface area contributed by atoms with Crippen LogP contribution in [-0.2, 0) is 6.54 Å². The van der Waals surface area contributed by atoms with Crippen molar-refractivity contribution in [1.29, 1.82) is 0 Å². The van der Waals surface area contributed by atoms with E-state index in [4.69, 9.17) is 0 Å². The summed E-state index contributed by atoms with van der Waals surface area (Å²) in [5.74, 6) is 0. The second kappa shape index (κ2) is 5.24. The average Bonchev–Trinajstić information content (AvgIpc) is 3.09. The van der Waals surface area contributed by atoms with Crippen LogP contribution >= 0.6 is 23.1 Å². The fraction of sp³-hybridized carbons (Fsp3) is 0.0833. The molecule has 3 rings (SSSR count). The molecular formula is C12H10N4S2. The lowest BCUT2D eigenvalue weighted by molar-refractivity contribution is 1.17. The van der Waals surface area contributed by atoms with Crippen molar-refractivity contribution in [3.8, 4) is 11.3 Å². The van der Waals surface area contributed by atoms with E-state index in [0.29, 0.717) is 0 Å². The topological polar surface area (TPSA) is 50.7 Å². The lowest BCUT2D eigenvalue weighted by Crippen LogP contribution is -1.95. The largest absolute Gasteiger partial charge is 0.355 e. The normalized spacial score (nSPS) is 10.4. The SMILES string of the molecule is c1ccc(-c2cc(CNc3ncns3)sn2)cc1. The van der Waals surface area contributed by atoms with Crippen LogP contribution in [-0.4, -0.2) is 13.7 Å². The minimum Gasteiger partial charge on any atom is -0.355 e. The van der Waals surface area contributed by atoms with Gasteiger partial charge in [-0.3, -0.25) is 0 Å². The van der Waals surface area contributed by atoms with Gasteiger partial charge in [-0.05, 0) is 17.6 Å². The van der Waals surface area contributed by atoms with E-state index in [1.54, 1.807) is 6.33 Å². The van der Waals surface area contributed by atoms with Crippen LogP contribution < -0.4 is 5.32 Å². The molecule has 0 amide bonds. The Morgan fingerprint density at radius 1 is 1.11 bits per heavy atom. The molecule has 0 saturated carbocycles. The van der Waals surface area contributed by atoms with Crippen molar-refractivity contribution in [2.45, 2.75) is 6.54 Å². The Morgan fingerprint density at radius 3 is 2.78 bits per heavy atom. The number of aromatic nitrogens is 3. The predicted molar refractivity (Wildman–Crippen MR) is 74.8 cm³/mol. The van der Waals surface area contributed by atoms with E-state index in [0.717, 1.165) is 22.9 Å². The monoisotopic (exact) mass is 274 g/mol. The Balaban J connectivity index is 1.70. The molecule has 3 aromatic rings. The van der Waals surface area contributed by atoms with E-state index in [9.17, 15) is 0 Å². The van der Waals surface area contributed by atoms with Gasteiger partial charge in [0, 0.05) is 22.0 Å². The molecule has 2 heterocycles. The summed E-state index contributed by atoms with van der Waals surface area (Å²) in [5, 5.41) is 4.06. The maximum atomic E-state index is 4.46. The molecule has 0 radical (unpaired) electrons. The first-order valence-corrected chi connectivity index (χ1v) is 6.98. The van der Waals surface area contributed by atoms with Crippen LogP contribution in [0, 0.1) is 0 Å². The number of hydrogen-bond donors (Lipinski definition) is 1. The number of nitrogens with zero attached hydrogens (tertiary/aromatic N) is 3. The molecule has 2 aromatic heterocycles. The lowest BCUT2D eigenvalue weighted by atomic mass is 10.1.